The summed E-state index contributed by atoms with van der Waals surface area (Å²) in [6.07, 6.45) is 2.56. The minimum Gasteiger partial charge on any atom is -0.338 e. The average molecular weight is 265 g/mol. The molecule has 0 unspecified atom stereocenters. The number of aromatic amines is 1. The molecule has 2 aromatic rings. The third-order valence-electron chi connectivity index (χ3n) is 2.71. The van der Waals surface area contributed by atoms with Gasteiger partial charge in [-0.2, -0.15) is 4.52 Å². The maximum Gasteiger partial charge on any atom is 0.286 e. The third-order valence-corrected chi connectivity index (χ3v) is 2.71. The summed E-state index contributed by atoms with van der Waals surface area (Å²) in [7, 11) is 5.50. The van der Waals surface area contributed by atoms with Gasteiger partial charge in [-0.1, -0.05) is 0 Å². The number of carbonyl (C=O) groups excluding carboxylic acids is 1. The number of hydrazine groups is 1. The first-order chi connectivity index (χ1) is 9.00. The second-order valence-corrected chi connectivity index (χ2v) is 4.17. The van der Waals surface area contributed by atoms with E-state index in [9.17, 15) is 9.59 Å². The van der Waals surface area contributed by atoms with Gasteiger partial charge in [-0.3, -0.25) is 14.7 Å². The fourth-order valence-electron chi connectivity index (χ4n) is 1.38. The number of aromatic nitrogens is 4. The lowest BCUT2D eigenvalue weighted by molar-refractivity contribution is 0.0442. The Kier molecular flexibility index (Phi) is 3.58. The van der Waals surface area contributed by atoms with Crippen molar-refractivity contribution in [3.63, 3.8) is 0 Å². The van der Waals surface area contributed by atoms with E-state index >= 15 is 0 Å². The molecule has 0 bridgehead atoms. The number of rotatable bonds is 4. The van der Waals surface area contributed by atoms with E-state index in [-0.39, 0.29) is 18.0 Å². The Bertz CT molecular complexity index is 645. The van der Waals surface area contributed by atoms with Crippen molar-refractivity contribution in [1.82, 2.24) is 34.9 Å². The number of nitrogens with zero attached hydrogens (tertiary/aromatic N) is 5. The molecule has 0 fully saturated rings. The van der Waals surface area contributed by atoms with E-state index in [2.05, 4.69) is 20.4 Å². The van der Waals surface area contributed by atoms with Crippen LogP contribution in [-0.4, -0.2) is 63.3 Å². The molecule has 0 atom stereocenters. The van der Waals surface area contributed by atoms with Gasteiger partial charge < -0.3 is 5.32 Å². The third kappa shape index (κ3) is 2.61. The molecule has 19 heavy (non-hydrogen) atoms. The van der Waals surface area contributed by atoms with Gasteiger partial charge in [0.15, 0.2) is 0 Å². The lowest BCUT2D eigenvalue weighted by Gasteiger charge is -2.23. The Morgan fingerprint density at radius 1 is 1.42 bits per heavy atom. The minimum absolute atomic E-state index is 0.0334. The maximum absolute atomic E-state index is 12.0. The molecule has 0 aliphatic rings. The monoisotopic (exact) mass is 265 g/mol. The van der Waals surface area contributed by atoms with E-state index in [4.69, 9.17) is 0 Å². The summed E-state index contributed by atoms with van der Waals surface area (Å²) < 4.78 is 1.12. The molecule has 0 saturated carbocycles. The normalized spacial score (nSPS) is 11.4. The fourth-order valence-corrected chi connectivity index (χ4v) is 1.38. The van der Waals surface area contributed by atoms with Gasteiger partial charge >= 0.3 is 0 Å². The smallest absolute Gasteiger partial charge is 0.286 e. The van der Waals surface area contributed by atoms with Crippen molar-refractivity contribution in [3.8, 4) is 0 Å². The average Bonchev–Trinajstić information content (AvgIpc) is 2.85. The van der Waals surface area contributed by atoms with Crippen molar-refractivity contribution in [3.05, 3.63) is 28.4 Å². The summed E-state index contributed by atoms with van der Waals surface area (Å²) in [5, 5.41) is 8.82. The van der Waals surface area contributed by atoms with Gasteiger partial charge in [-0.05, 0) is 0 Å². The number of nitrogens with one attached hydrogen (secondary N) is 2. The lowest BCUT2D eigenvalue weighted by atomic mass is 10.3. The minimum atomic E-state index is -0.479. The Labute approximate surface area is 108 Å². The zero-order valence-corrected chi connectivity index (χ0v) is 10.9. The van der Waals surface area contributed by atoms with Gasteiger partial charge in [0.25, 0.3) is 17.2 Å². The molecule has 0 aliphatic carbocycles. The molecule has 2 rings (SSSR count). The van der Waals surface area contributed by atoms with E-state index in [1.807, 2.05) is 26.2 Å². The van der Waals surface area contributed by atoms with Crippen LogP contribution in [0.25, 0.3) is 5.78 Å². The largest absolute Gasteiger partial charge is 0.338 e. The summed E-state index contributed by atoms with van der Waals surface area (Å²) in [6.45, 7) is 0.289. The second-order valence-electron chi connectivity index (χ2n) is 4.17. The summed E-state index contributed by atoms with van der Waals surface area (Å²) in [5.74, 6) is -0.248. The van der Waals surface area contributed by atoms with E-state index in [0.717, 1.165) is 4.52 Å². The van der Waals surface area contributed by atoms with Crippen molar-refractivity contribution in [2.75, 3.05) is 27.8 Å². The quantitative estimate of drug-likeness (QED) is 0.516. The van der Waals surface area contributed by atoms with Crippen molar-refractivity contribution in [2.45, 2.75) is 0 Å². The molecule has 0 saturated heterocycles. The van der Waals surface area contributed by atoms with Gasteiger partial charge in [-0.25, -0.2) is 20.0 Å². The predicted molar refractivity (Wildman–Crippen MR) is 67.4 cm³/mol. The molecule has 2 aromatic heterocycles. The van der Waals surface area contributed by atoms with E-state index in [1.165, 1.54) is 12.5 Å². The van der Waals surface area contributed by atoms with Crippen LogP contribution in [0.15, 0.2) is 17.3 Å². The van der Waals surface area contributed by atoms with Crippen molar-refractivity contribution >= 4 is 11.7 Å². The Morgan fingerprint density at radius 2 is 2.16 bits per heavy atom. The first-order valence-electron chi connectivity index (χ1n) is 5.58. The Hall–Kier alpha value is -2.26. The standard InChI is InChI=1S/C10H15N7O2/c1-15(2)16(3)6-13-8(18)7-4-11-10-12-5-14-17(10)9(7)19/h4-5H,6H2,1-3H3,(H,13,18)(H,11,12,14). The first kappa shape index (κ1) is 13.2. The van der Waals surface area contributed by atoms with Crippen LogP contribution >= 0.6 is 0 Å². The van der Waals surface area contributed by atoms with Gasteiger partial charge in [0.05, 0.1) is 6.67 Å². The molecule has 0 spiro atoms. The molecule has 1 amide bonds. The van der Waals surface area contributed by atoms with Crippen LogP contribution in [0.2, 0.25) is 0 Å². The Balaban J connectivity index is 2.18. The maximum atomic E-state index is 12.0. The van der Waals surface area contributed by atoms with Crippen LogP contribution in [-0.2, 0) is 0 Å². The summed E-state index contributed by atoms with van der Waals surface area (Å²) in [5.41, 5.74) is -0.513. The van der Waals surface area contributed by atoms with Crippen LogP contribution in [0.1, 0.15) is 10.4 Å². The van der Waals surface area contributed by atoms with Crippen LogP contribution in [0.3, 0.4) is 0 Å². The number of hydrogen-bond donors (Lipinski definition) is 2. The van der Waals surface area contributed by atoms with Crippen LogP contribution in [0, 0.1) is 0 Å². The van der Waals surface area contributed by atoms with Crippen LogP contribution in [0.5, 0.6) is 0 Å². The van der Waals surface area contributed by atoms with Gasteiger partial charge in [0, 0.05) is 27.3 Å². The summed E-state index contributed by atoms with van der Waals surface area (Å²) in [4.78, 5) is 31.6. The highest BCUT2D eigenvalue weighted by Crippen LogP contribution is 1.93. The molecular formula is C10H15N7O2. The highest BCUT2D eigenvalue weighted by atomic mass is 16.2. The fraction of sp³-hybridized carbons (Fsp3) is 0.400. The van der Waals surface area contributed by atoms with Crippen molar-refractivity contribution in [1.29, 1.82) is 0 Å². The van der Waals surface area contributed by atoms with E-state index in [0.29, 0.717) is 0 Å². The molecule has 2 N–H and O–H groups in total. The topological polar surface area (TPSA) is 98.6 Å². The molecule has 0 radical (unpaired) electrons. The van der Waals surface area contributed by atoms with E-state index in [1.54, 1.807) is 5.01 Å². The molecule has 0 aliphatic heterocycles. The predicted octanol–water partition coefficient (Wildman–Crippen LogP) is -1.49. The number of carbonyl (C=O) groups is 1. The Morgan fingerprint density at radius 3 is 2.84 bits per heavy atom. The zero-order valence-electron chi connectivity index (χ0n) is 10.9. The van der Waals surface area contributed by atoms with Gasteiger partial charge in [0.1, 0.15) is 11.9 Å². The number of fused-ring (bicyclic) bond motifs is 1. The van der Waals surface area contributed by atoms with E-state index < -0.39 is 11.5 Å². The highest BCUT2D eigenvalue weighted by Gasteiger charge is 2.14. The lowest BCUT2D eigenvalue weighted by Crippen LogP contribution is -2.43. The molecule has 0 aromatic carbocycles. The van der Waals surface area contributed by atoms with Gasteiger partial charge in [-0.15, -0.1) is 0 Å². The molecular weight excluding hydrogens is 250 g/mol. The van der Waals surface area contributed by atoms with Crippen LogP contribution in [0.4, 0.5) is 0 Å². The van der Waals surface area contributed by atoms with Gasteiger partial charge in [0.2, 0.25) is 0 Å². The molecule has 2 heterocycles. The second kappa shape index (κ2) is 5.16. The SMILES string of the molecule is CN(C)N(C)CNC(=O)c1cnc2nc[nH]n2c1=O. The van der Waals surface area contributed by atoms with Crippen molar-refractivity contribution in [2.24, 2.45) is 0 Å². The highest BCUT2D eigenvalue weighted by molar-refractivity contribution is 5.93. The zero-order chi connectivity index (χ0) is 14.0. The molecule has 102 valence electrons. The molecule has 9 nitrogen and oxygen atoms in total. The number of hydrogen-bond acceptors (Lipinski definition) is 6. The summed E-state index contributed by atoms with van der Waals surface area (Å²) in [6, 6.07) is 0. The number of H-pyrrole nitrogens is 1. The first-order valence-corrected chi connectivity index (χ1v) is 5.58. The number of amides is 1. The van der Waals surface area contributed by atoms with Crippen LogP contribution < -0.4 is 10.9 Å². The van der Waals surface area contributed by atoms with Crippen molar-refractivity contribution < 1.29 is 4.79 Å². The summed E-state index contributed by atoms with van der Waals surface area (Å²) >= 11 is 0. The molecule has 9 heteroatoms.